The molecule has 0 fully saturated rings. The summed E-state index contributed by atoms with van der Waals surface area (Å²) in [4.78, 5) is 0. The molecule has 4 aromatic carbocycles. The van der Waals surface area contributed by atoms with Crippen LogP contribution in [0.3, 0.4) is 0 Å². The fourth-order valence-corrected chi connectivity index (χ4v) is 12.6. The molecule has 0 aromatic heterocycles. The van der Waals surface area contributed by atoms with Crippen molar-refractivity contribution in [3.63, 3.8) is 0 Å². The van der Waals surface area contributed by atoms with Crippen LogP contribution < -0.4 is 25.4 Å². The summed E-state index contributed by atoms with van der Waals surface area (Å²) >= 11 is 4.56. The van der Waals surface area contributed by atoms with Gasteiger partial charge in [0.1, 0.15) is 0 Å². The van der Waals surface area contributed by atoms with Crippen LogP contribution in [0.1, 0.15) is 24.5 Å². The summed E-state index contributed by atoms with van der Waals surface area (Å²) in [6.07, 6.45) is 2.80. The number of hydrogen-bond donors (Lipinski definition) is 0. The Kier molecular flexibility index (Phi) is 7.45. The Morgan fingerprint density at radius 3 is 1.53 bits per heavy atom. The zero-order valence-electron chi connectivity index (χ0n) is 20.1. The van der Waals surface area contributed by atoms with Gasteiger partial charge in [0.2, 0.25) is 0 Å². The summed E-state index contributed by atoms with van der Waals surface area (Å²) < 4.78 is 11.6. The van der Waals surface area contributed by atoms with E-state index < -0.39 is 5.31 Å². The Morgan fingerprint density at radius 1 is 0.676 bits per heavy atom. The third kappa shape index (κ3) is 4.28. The van der Waals surface area contributed by atoms with Gasteiger partial charge in [-0.15, -0.1) is 0 Å². The summed E-state index contributed by atoms with van der Waals surface area (Å²) in [5.74, 6) is 1.62. The second-order valence-corrected chi connectivity index (χ2v) is 17.5. The van der Waals surface area contributed by atoms with Crippen LogP contribution in [0.4, 0.5) is 0 Å². The SMILES string of the molecule is CCCc1cc(CP(Br)(c2ccccc2)(c2ccccc2)c2ccccc2)cc(OC)c1OC. The normalized spacial score (nSPS) is 12.5. The summed E-state index contributed by atoms with van der Waals surface area (Å²) in [7, 11) is 3.44. The Labute approximate surface area is 211 Å². The van der Waals surface area contributed by atoms with Crippen molar-refractivity contribution in [1.29, 1.82) is 0 Å². The van der Waals surface area contributed by atoms with Crippen LogP contribution in [-0.2, 0) is 12.6 Å². The van der Waals surface area contributed by atoms with Gasteiger partial charge in [-0.2, -0.15) is 0 Å². The monoisotopic (exact) mass is 534 g/mol. The molecule has 4 heteroatoms. The van der Waals surface area contributed by atoms with Crippen molar-refractivity contribution in [2.75, 3.05) is 14.2 Å². The van der Waals surface area contributed by atoms with E-state index in [2.05, 4.69) is 126 Å². The standard InChI is InChI=1S/C30H32BrO2P/c1-4-14-25-21-24(22-29(32-2)30(25)33-3)23-34(31,26-15-8-5-9-16-26,27-17-10-6-11-18-27)28-19-12-7-13-20-28/h5-13,15-22H,4,14,23H2,1-3H3. The van der Waals surface area contributed by atoms with Gasteiger partial charge in [-0.25, -0.2) is 0 Å². The quantitative estimate of drug-likeness (QED) is 0.215. The molecule has 0 saturated carbocycles. The van der Waals surface area contributed by atoms with Gasteiger partial charge in [0.15, 0.2) is 0 Å². The molecule has 34 heavy (non-hydrogen) atoms. The van der Waals surface area contributed by atoms with Crippen molar-refractivity contribution >= 4 is 36.7 Å². The van der Waals surface area contributed by atoms with Gasteiger partial charge in [-0.1, -0.05) is 0 Å². The van der Waals surface area contributed by atoms with Crippen molar-refractivity contribution in [3.8, 4) is 11.5 Å². The van der Waals surface area contributed by atoms with E-state index in [0.29, 0.717) is 0 Å². The third-order valence-corrected chi connectivity index (χ3v) is 16.0. The molecule has 0 bridgehead atoms. The van der Waals surface area contributed by atoms with Crippen LogP contribution in [0.25, 0.3) is 0 Å². The average Bonchev–Trinajstić information content (AvgIpc) is 2.90. The minimum absolute atomic E-state index is 0.787. The second-order valence-electron chi connectivity index (χ2n) is 8.59. The molecule has 0 aliphatic rings. The van der Waals surface area contributed by atoms with E-state index in [4.69, 9.17) is 9.47 Å². The Bertz CT molecular complexity index is 1130. The molecule has 0 saturated heterocycles. The van der Waals surface area contributed by atoms with Crippen molar-refractivity contribution in [2.45, 2.75) is 25.9 Å². The van der Waals surface area contributed by atoms with Gasteiger partial charge in [-0.3, -0.25) is 0 Å². The van der Waals surface area contributed by atoms with Crippen LogP contribution in [0.15, 0.2) is 103 Å². The second kappa shape index (κ2) is 10.3. The third-order valence-electron chi connectivity index (χ3n) is 6.50. The topological polar surface area (TPSA) is 18.5 Å². The molecule has 0 aliphatic heterocycles. The number of ether oxygens (including phenoxy) is 2. The van der Waals surface area contributed by atoms with E-state index in [1.165, 1.54) is 27.0 Å². The van der Waals surface area contributed by atoms with Gasteiger partial charge in [0.25, 0.3) is 0 Å². The molecule has 0 heterocycles. The summed E-state index contributed by atoms with van der Waals surface area (Å²) in [6, 6.07) is 37.1. The van der Waals surface area contributed by atoms with Crippen LogP contribution in [0.5, 0.6) is 11.5 Å². The number of benzene rings is 4. The van der Waals surface area contributed by atoms with Crippen LogP contribution in [-0.4, -0.2) is 14.2 Å². The fraction of sp³-hybridized carbons (Fsp3) is 0.200. The van der Waals surface area contributed by atoms with Crippen molar-refractivity contribution in [2.24, 2.45) is 0 Å². The number of hydrogen-bond acceptors (Lipinski definition) is 2. The molecular weight excluding hydrogens is 503 g/mol. The predicted molar refractivity (Wildman–Crippen MR) is 151 cm³/mol. The van der Waals surface area contributed by atoms with Gasteiger partial charge in [-0.05, 0) is 0 Å². The molecule has 4 aromatic rings. The molecular formula is C30H32BrO2P. The van der Waals surface area contributed by atoms with Gasteiger partial charge in [0.05, 0.1) is 0 Å². The Hall–Kier alpha value is -2.61. The molecule has 0 aliphatic carbocycles. The van der Waals surface area contributed by atoms with Gasteiger partial charge < -0.3 is 0 Å². The molecule has 4 rings (SSSR count). The van der Waals surface area contributed by atoms with Crippen LogP contribution in [0, 0.1) is 0 Å². The maximum absolute atomic E-state index is 5.80. The summed E-state index contributed by atoms with van der Waals surface area (Å²) in [5, 5.41) is 0.831. The number of aryl methyl sites for hydroxylation is 1. The fourth-order valence-electron chi connectivity index (χ4n) is 4.93. The zero-order valence-corrected chi connectivity index (χ0v) is 22.6. The zero-order chi connectivity index (χ0) is 24.0. The number of rotatable bonds is 9. The first kappa shape index (κ1) is 24.5. The summed E-state index contributed by atoms with van der Waals surface area (Å²) in [6.45, 7) is 2.20. The van der Waals surface area contributed by atoms with E-state index in [1.807, 2.05) is 0 Å². The van der Waals surface area contributed by atoms with Gasteiger partial charge in [0, 0.05) is 0 Å². The first-order chi connectivity index (χ1) is 16.5. The molecule has 0 amide bonds. The predicted octanol–water partition coefficient (Wildman–Crippen LogP) is 7.00. The molecule has 0 spiro atoms. The molecule has 0 atom stereocenters. The molecule has 0 radical (unpaired) electrons. The van der Waals surface area contributed by atoms with Crippen molar-refractivity contribution in [3.05, 3.63) is 114 Å². The Morgan fingerprint density at radius 2 is 1.15 bits per heavy atom. The molecule has 2 nitrogen and oxygen atoms in total. The number of methoxy groups -OCH3 is 2. The van der Waals surface area contributed by atoms with E-state index in [9.17, 15) is 0 Å². The van der Waals surface area contributed by atoms with Crippen LogP contribution >= 0.6 is 20.8 Å². The first-order valence-corrected chi connectivity index (χ1v) is 16.1. The van der Waals surface area contributed by atoms with Crippen molar-refractivity contribution in [1.82, 2.24) is 0 Å². The van der Waals surface area contributed by atoms with E-state index in [1.54, 1.807) is 14.2 Å². The van der Waals surface area contributed by atoms with E-state index >= 15 is 0 Å². The van der Waals surface area contributed by atoms with Crippen molar-refractivity contribution < 1.29 is 9.47 Å². The van der Waals surface area contributed by atoms with Gasteiger partial charge >= 0.3 is 212 Å². The van der Waals surface area contributed by atoms with Crippen LogP contribution in [0.2, 0.25) is 0 Å². The molecule has 176 valence electrons. The molecule has 0 N–H and O–H groups in total. The molecule has 0 unspecified atom stereocenters. The first-order valence-electron chi connectivity index (χ1n) is 11.7. The van der Waals surface area contributed by atoms with E-state index in [-0.39, 0.29) is 0 Å². The number of halogens is 1. The minimum atomic E-state index is -3.08. The average molecular weight is 535 g/mol. The van der Waals surface area contributed by atoms with E-state index in [0.717, 1.165) is 30.5 Å². The Balaban J connectivity index is 2.05. The summed E-state index contributed by atoms with van der Waals surface area (Å²) in [5.41, 5.74) is 2.42. The maximum atomic E-state index is 5.80.